The van der Waals surface area contributed by atoms with Gasteiger partial charge in [0.2, 0.25) is 17.1 Å². The number of methoxy groups -OCH3 is 1. The lowest BCUT2D eigenvalue weighted by atomic mass is 9.97. The van der Waals surface area contributed by atoms with Crippen LogP contribution in [0.4, 0.5) is 11.4 Å². The molecular formula is C34H43ClN8O4. The van der Waals surface area contributed by atoms with Gasteiger partial charge < -0.3 is 50.7 Å². The molecule has 3 aromatic carbocycles. The predicted molar refractivity (Wildman–Crippen MR) is 182 cm³/mol. The third-order valence-electron chi connectivity index (χ3n) is 7.84. The molecule has 13 heteroatoms. The van der Waals surface area contributed by atoms with Crippen LogP contribution in [0.25, 0.3) is 32.9 Å². The number of nitrogen functional groups attached to an aromatic ring is 2. The van der Waals surface area contributed by atoms with Crippen molar-refractivity contribution >= 4 is 56.8 Å². The Balaban J connectivity index is 0.00000600. The third-order valence-corrected chi connectivity index (χ3v) is 7.84. The van der Waals surface area contributed by atoms with Crippen molar-refractivity contribution in [2.75, 3.05) is 31.7 Å². The van der Waals surface area contributed by atoms with Gasteiger partial charge >= 0.3 is 5.97 Å². The maximum atomic E-state index is 13.1. The number of aliphatic imine (C=N–C) groups is 1. The number of anilines is 2. The van der Waals surface area contributed by atoms with Crippen molar-refractivity contribution in [3.63, 3.8) is 0 Å². The molecule has 0 aliphatic carbocycles. The van der Waals surface area contributed by atoms with Gasteiger partial charge in [0.1, 0.15) is 13.1 Å². The highest BCUT2D eigenvalue weighted by atomic mass is 35.5. The molecule has 4 aromatic rings. The smallest absolute Gasteiger partial charge is 0.328 e. The topological polar surface area (TPSA) is 205 Å². The Morgan fingerprint density at radius 2 is 1.62 bits per heavy atom. The van der Waals surface area contributed by atoms with Gasteiger partial charge in [0, 0.05) is 53.5 Å². The summed E-state index contributed by atoms with van der Waals surface area (Å²) in [6, 6.07) is 18.5. The Kier molecular flexibility index (Phi) is 13.1. The molecule has 0 bridgehead atoms. The van der Waals surface area contributed by atoms with E-state index >= 15 is 0 Å². The normalized spacial score (nSPS) is 11.4. The number of nitrogens with two attached hydrogens (primary N) is 4. The fraction of sp³-hybridized carbons (Fsp3) is 0.324. The van der Waals surface area contributed by atoms with Gasteiger partial charge in [-0.3, -0.25) is 14.6 Å². The molecule has 4 rings (SSSR count). The monoisotopic (exact) mass is 662 g/mol. The number of hydrogen-bond acceptors (Lipinski definition) is 7. The molecule has 0 saturated heterocycles. The van der Waals surface area contributed by atoms with Crippen LogP contribution in [0.5, 0.6) is 0 Å². The lowest BCUT2D eigenvalue weighted by molar-refractivity contribution is -0.632. The fourth-order valence-corrected chi connectivity index (χ4v) is 5.56. The van der Waals surface area contributed by atoms with Crippen molar-refractivity contribution in [3.05, 3.63) is 66.2 Å². The van der Waals surface area contributed by atoms with E-state index in [0.717, 1.165) is 39.4 Å². The van der Waals surface area contributed by atoms with Crippen LogP contribution in [0.2, 0.25) is 0 Å². The van der Waals surface area contributed by atoms with Gasteiger partial charge in [-0.15, -0.1) is 0 Å². The van der Waals surface area contributed by atoms with E-state index in [1.54, 1.807) is 6.07 Å². The molecule has 0 radical (unpaired) electrons. The zero-order valence-electron chi connectivity index (χ0n) is 26.7. The number of benzene rings is 3. The number of fused-ring (bicyclic) bond motifs is 3. The summed E-state index contributed by atoms with van der Waals surface area (Å²) in [5.41, 5.74) is 27.6. The molecular weight excluding hydrogens is 620 g/mol. The third kappa shape index (κ3) is 9.46. The summed E-state index contributed by atoms with van der Waals surface area (Å²) < 4.78 is 6.89. The number of amides is 2. The van der Waals surface area contributed by atoms with Crippen LogP contribution in [-0.4, -0.2) is 50.0 Å². The summed E-state index contributed by atoms with van der Waals surface area (Å²) in [5.74, 6) is -0.958. The molecule has 250 valence electrons. The van der Waals surface area contributed by atoms with Crippen LogP contribution in [0.1, 0.15) is 48.9 Å². The number of carbonyl (C=O) groups excluding carboxylic acids is 3. The first-order valence-corrected chi connectivity index (χ1v) is 15.3. The molecule has 1 heterocycles. The number of ether oxygens (including phenoxy) is 1. The first-order valence-electron chi connectivity index (χ1n) is 15.3. The fourth-order valence-electron chi connectivity index (χ4n) is 5.56. The van der Waals surface area contributed by atoms with E-state index in [0.29, 0.717) is 55.7 Å². The van der Waals surface area contributed by atoms with Crippen LogP contribution in [0, 0.1) is 0 Å². The van der Waals surface area contributed by atoms with Gasteiger partial charge in [-0.05, 0) is 68.1 Å². The van der Waals surface area contributed by atoms with Crippen LogP contribution < -0.4 is 50.5 Å². The van der Waals surface area contributed by atoms with Crippen LogP contribution >= 0.6 is 0 Å². The van der Waals surface area contributed by atoms with Gasteiger partial charge in [0.25, 0.3) is 5.91 Å². The predicted octanol–water partition coefficient (Wildman–Crippen LogP) is -0.345. The highest BCUT2D eigenvalue weighted by Gasteiger charge is 2.23. The van der Waals surface area contributed by atoms with Crippen molar-refractivity contribution in [3.8, 4) is 11.3 Å². The summed E-state index contributed by atoms with van der Waals surface area (Å²) in [4.78, 5) is 41.5. The summed E-state index contributed by atoms with van der Waals surface area (Å²) in [5, 5.41) is 8.79. The minimum Gasteiger partial charge on any atom is -1.00 e. The second-order valence-electron chi connectivity index (χ2n) is 11.2. The molecule has 0 spiro atoms. The van der Waals surface area contributed by atoms with Crippen molar-refractivity contribution in [2.45, 2.75) is 44.6 Å². The van der Waals surface area contributed by atoms with Crippen molar-refractivity contribution < 1.29 is 36.1 Å². The molecule has 0 aliphatic rings. The highest BCUT2D eigenvalue weighted by molar-refractivity contribution is 6.10. The lowest BCUT2D eigenvalue weighted by Gasteiger charge is -2.16. The van der Waals surface area contributed by atoms with E-state index in [1.165, 1.54) is 7.11 Å². The van der Waals surface area contributed by atoms with Crippen molar-refractivity contribution in [2.24, 2.45) is 23.5 Å². The molecule has 0 aliphatic heterocycles. The van der Waals surface area contributed by atoms with Crippen LogP contribution in [-0.2, 0) is 21.4 Å². The minimum absolute atomic E-state index is 0. The molecule has 2 amide bonds. The average molecular weight is 663 g/mol. The molecule has 0 fully saturated rings. The number of esters is 1. The van der Waals surface area contributed by atoms with Gasteiger partial charge in [-0.2, -0.15) is 4.57 Å². The first-order chi connectivity index (χ1) is 22.1. The zero-order valence-corrected chi connectivity index (χ0v) is 27.5. The number of rotatable bonds is 14. The quantitative estimate of drug-likeness (QED) is 0.0200. The molecule has 0 saturated carbocycles. The summed E-state index contributed by atoms with van der Waals surface area (Å²) in [6.07, 6.45) is 3.16. The van der Waals surface area contributed by atoms with Crippen LogP contribution in [0.15, 0.2) is 65.7 Å². The number of pyridine rings is 1. The second kappa shape index (κ2) is 17.0. The number of aryl methyl sites for hydroxylation is 1. The molecule has 10 N–H and O–H groups in total. The number of carbonyl (C=O) groups is 3. The number of nitrogens with zero attached hydrogens (tertiary/aromatic N) is 2. The Bertz CT molecular complexity index is 1770. The first kappa shape index (κ1) is 36.4. The molecule has 12 nitrogen and oxygen atoms in total. The van der Waals surface area contributed by atoms with E-state index < -0.39 is 12.0 Å². The second-order valence-corrected chi connectivity index (χ2v) is 11.2. The summed E-state index contributed by atoms with van der Waals surface area (Å²) >= 11 is 0. The minimum atomic E-state index is -0.757. The van der Waals surface area contributed by atoms with Gasteiger partial charge in [-0.1, -0.05) is 18.6 Å². The molecule has 47 heavy (non-hydrogen) atoms. The molecule has 1 atom stereocenters. The lowest BCUT2D eigenvalue weighted by Crippen LogP contribution is -3.00. The number of halogens is 1. The van der Waals surface area contributed by atoms with Crippen LogP contribution in [0.3, 0.4) is 0 Å². The van der Waals surface area contributed by atoms with E-state index in [9.17, 15) is 14.4 Å². The SMILES string of the molecule is COC(=O)C(CCCN=C(N)N)NC(=O)CCCCCNC(=O)c1cccc(-c2c3cc(N)ccc3c3ccc(N)cc3[n+]2C)c1.[Cl-]. The maximum absolute atomic E-state index is 13.1. The number of nitrogens with one attached hydrogen (secondary N) is 2. The standard InChI is InChI=1S/C34H42N8O4.ClH/c1-42-29-20-24(36)13-15-26(29)25-14-12-23(35)19-27(25)31(42)21-8-6-9-22(18-21)32(44)39-16-5-3-4-11-30(43)41-28(33(45)46-2)10-7-17-40-34(37)38;/h6,8-9,12-15,18-20,28,36H,3-5,7,10-11,16-17,35H2,1-2H3,(H6,37,38,39,40,41,43,44);1H. The van der Waals surface area contributed by atoms with Gasteiger partial charge in [0.05, 0.1) is 17.9 Å². The average Bonchev–Trinajstić information content (AvgIpc) is 3.03. The number of hydrogen-bond donors (Lipinski definition) is 6. The van der Waals surface area contributed by atoms with E-state index in [-0.39, 0.29) is 36.6 Å². The Morgan fingerprint density at radius 3 is 2.34 bits per heavy atom. The molecule has 1 unspecified atom stereocenters. The van der Waals surface area contributed by atoms with E-state index in [2.05, 4.69) is 20.2 Å². The van der Waals surface area contributed by atoms with Crippen molar-refractivity contribution in [1.82, 2.24) is 10.6 Å². The number of aromatic nitrogens is 1. The summed E-state index contributed by atoms with van der Waals surface area (Å²) in [6.45, 7) is 0.814. The van der Waals surface area contributed by atoms with E-state index in [1.807, 2.05) is 61.6 Å². The number of guanidine groups is 1. The van der Waals surface area contributed by atoms with E-state index in [4.69, 9.17) is 27.7 Å². The van der Waals surface area contributed by atoms with Crippen molar-refractivity contribution in [1.29, 1.82) is 0 Å². The zero-order chi connectivity index (χ0) is 33.2. The largest absolute Gasteiger partial charge is 1.00 e. The maximum Gasteiger partial charge on any atom is 0.328 e. The Labute approximate surface area is 280 Å². The highest BCUT2D eigenvalue weighted by Crippen LogP contribution is 2.33. The van der Waals surface area contributed by atoms with Gasteiger partial charge in [0.15, 0.2) is 5.96 Å². The van der Waals surface area contributed by atoms with Gasteiger partial charge in [-0.25, -0.2) is 4.79 Å². The Hall–Kier alpha value is -5.10. The Morgan fingerprint density at radius 1 is 0.894 bits per heavy atom. The number of unbranched alkanes of at least 4 members (excludes halogenated alkanes) is 2. The molecule has 1 aromatic heterocycles. The summed E-state index contributed by atoms with van der Waals surface area (Å²) in [7, 11) is 3.26.